The molecule has 76 valence electrons. The van der Waals surface area contributed by atoms with Crippen LogP contribution in [-0.2, 0) is 4.74 Å². The number of hydrogen-bond donors (Lipinski definition) is 0. The Morgan fingerprint density at radius 1 is 1.23 bits per heavy atom. The van der Waals surface area contributed by atoms with Crippen molar-refractivity contribution in [2.24, 2.45) is 5.92 Å². The number of rotatable bonds is 2. The zero-order chi connectivity index (χ0) is 9.10. The molecule has 3 heteroatoms. The number of alkyl halides is 1. The molecule has 0 aromatic heterocycles. The van der Waals surface area contributed by atoms with Crippen molar-refractivity contribution in [2.45, 2.75) is 24.6 Å². The minimum atomic E-state index is 0.403. The maximum atomic E-state index is 6.06. The van der Waals surface area contributed by atoms with Crippen LogP contribution >= 0.6 is 11.6 Å². The highest BCUT2D eigenvalue weighted by Crippen LogP contribution is 2.20. The molecule has 2 aliphatic heterocycles. The summed E-state index contributed by atoms with van der Waals surface area (Å²) in [4.78, 5) is 2.51. The quantitative estimate of drug-likeness (QED) is 0.634. The molecule has 0 N–H and O–H groups in total. The molecule has 0 radical (unpaired) electrons. The molecule has 0 saturated carbocycles. The van der Waals surface area contributed by atoms with Crippen molar-refractivity contribution in [2.75, 3.05) is 32.8 Å². The lowest BCUT2D eigenvalue weighted by atomic mass is 10.00. The Bertz CT molecular complexity index is 156. The fourth-order valence-electron chi connectivity index (χ4n) is 2.25. The lowest BCUT2D eigenvalue weighted by molar-refractivity contribution is 0.0555. The summed E-state index contributed by atoms with van der Waals surface area (Å²) >= 11 is 6.06. The SMILES string of the molecule is ClC1CCN(CC2CCOCC2)C1. The van der Waals surface area contributed by atoms with Crippen molar-refractivity contribution in [1.82, 2.24) is 4.90 Å². The van der Waals surface area contributed by atoms with Crippen LogP contribution in [0.5, 0.6) is 0 Å². The van der Waals surface area contributed by atoms with Crippen LogP contribution in [0.15, 0.2) is 0 Å². The Hall–Kier alpha value is 0.210. The van der Waals surface area contributed by atoms with Crippen LogP contribution < -0.4 is 0 Å². The Kier molecular flexibility index (Phi) is 3.47. The number of ether oxygens (including phenoxy) is 1. The van der Waals surface area contributed by atoms with E-state index in [2.05, 4.69) is 4.90 Å². The lowest BCUT2D eigenvalue weighted by Gasteiger charge is -2.26. The van der Waals surface area contributed by atoms with Gasteiger partial charge in [0.05, 0.1) is 0 Å². The van der Waals surface area contributed by atoms with Gasteiger partial charge in [-0.1, -0.05) is 0 Å². The van der Waals surface area contributed by atoms with Gasteiger partial charge in [0, 0.05) is 31.7 Å². The van der Waals surface area contributed by atoms with Gasteiger partial charge in [0.1, 0.15) is 0 Å². The van der Waals surface area contributed by atoms with Crippen molar-refractivity contribution in [3.05, 3.63) is 0 Å². The van der Waals surface area contributed by atoms with E-state index in [4.69, 9.17) is 16.3 Å². The second-order valence-electron chi connectivity index (χ2n) is 4.20. The molecule has 2 saturated heterocycles. The van der Waals surface area contributed by atoms with E-state index >= 15 is 0 Å². The summed E-state index contributed by atoms with van der Waals surface area (Å²) in [5, 5.41) is 0.403. The van der Waals surface area contributed by atoms with E-state index in [-0.39, 0.29) is 0 Å². The Morgan fingerprint density at radius 3 is 2.62 bits per heavy atom. The largest absolute Gasteiger partial charge is 0.381 e. The van der Waals surface area contributed by atoms with Crippen LogP contribution in [0, 0.1) is 5.92 Å². The summed E-state index contributed by atoms with van der Waals surface area (Å²) in [7, 11) is 0. The molecule has 1 atom stereocenters. The molecule has 0 aromatic rings. The molecule has 0 aromatic carbocycles. The maximum Gasteiger partial charge on any atom is 0.0475 e. The standard InChI is InChI=1S/C10H18ClNO/c11-10-1-4-12(8-10)7-9-2-5-13-6-3-9/h9-10H,1-8H2. The second kappa shape index (κ2) is 4.63. The summed E-state index contributed by atoms with van der Waals surface area (Å²) in [6.07, 6.45) is 3.65. The molecule has 2 rings (SSSR count). The maximum absolute atomic E-state index is 6.06. The van der Waals surface area contributed by atoms with E-state index in [1.165, 1.54) is 32.4 Å². The molecule has 0 bridgehead atoms. The molecular weight excluding hydrogens is 186 g/mol. The highest BCUT2D eigenvalue weighted by atomic mass is 35.5. The second-order valence-corrected chi connectivity index (χ2v) is 4.82. The van der Waals surface area contributed by atoms with E-state index in [0.717, 1.165) is 25.7 Å². The van der Waals surface area contributed by atoms with Crippen LogP contribution in [0.25, 0.3) is 0 Å². The fraction of sp³-hybridized carbons (Fsp3) is 1.00. The van der Waals surface area contributed by atoms with E-state index in [1.807, 2.05) is 0 Å². The molecule has 13 heavy (non-hydrogen) atoms. The van der Waals surface area contributed by atoms with Gasteiger partial charge in [-0.2, -0.15) is 0 Å². The van der Waals surface area contributed by atoms with Gasteiger partial charge in [-0.15, -0.1) is 11.6 Å². The minimum Gasteiger partial charge on any atom is -0.381 e. The van der Waals surface area contributed by atoms with Crippen LogP contribution in [0.4, 0.5) is 0 Å². The van der Waals surface area contributed by atoms with Crippen molar-refractivity contribution in [3.8, 4) is 0 Å². The average molecular weight is 204 g/mol. The topological polar surface area (TPSA) is 12.5 Å². The Labute approximate surface area is 85.2 Å². The number of halogens is 1. The summed E-state index contributed by atoms with van der Waals surface area (Å²) in [5.74, 6) is 0.857. The van der Waals surface area contributed by atoms with Gasteiger partial charge >= 0.3 is 0 Å². The summed E-state index contributed by atoms with van der Waals surface area (Å²) in [5.41, 5.74) is 0. The molecule has 2 aliphatic rings. The van der Waals surface area contributed by atoms with E-state index < -0.39 is 0 Å². The molecule has 2 fully saturated rings. The summed E-state index contributed by atoms with van der Waals surface area (Å²) in [6, 6.07) is 0. The molecule has 1 unspecified atom stereocenters. The summed E-state index contributed by atoms with van der Waals surface area (Å²) < 4.78 is 5.34. The highest BCUT2D eigenvalue weighted by molar-refractivity contribution is 6.20. The molecule has 0 aliphatic carbocycles. The number of nitrogens with zero attached hydrogens (tertiary/aromatic N) is 1. The van der Waals surface area contributed by atoms with Gasteiger partial charge in [0.2, 0.25) is 0 Å². The molecule has 0 spiro atoms. The van der Waals surface area contributed by atoms with Crippen LogP contribution in [-0.4, -0.2) is 43.1 Å². The zero-order valence-electron chi connectivity index (χ0n) is 8.04. The predicted octanol–water partition coefficient (Wildman–Crippen LogP) is 1.73. The smallest absolute Gasteiger partial charge is 0.0475 e. The van der Waals surface area contributed by atoms with Gasteiger partial charge < -0.3 is 9.64 Å². The minimum absolute atomic E-state index is 0.403. The lowest BCUT2D eigenvalue weighted by Crippen LogP contribution is -2.31. The Balaban J connectivity index is 1.71. The molecular formula is C10H18ClNO. The molecule has 0 amide bonds. The summed E-state index contributed by atoms with van der Waals surface area (Å²) in [6.45, 7) is 5.46. The van der Waals surface area contributed by atoms with Crippen molar-refractivity contribution in [1.29, 1.82) is 0 Å². The normalized spacial score (nSPS) is 32.5. The monoisotopic (exact) mass is 203 g/mol. The number of likely N-dealkylation sites (tertiary alicyclic amines) is 1. The van der Waals surface area contributed by atoms with Gasteiger partial charge in [0.25, 0.3) is 0 Å². The predicted molar refractivity (Wildman–Crippen MR) is 54.2 cm³/mol. The average Bonchev–Trinajstić information content (AvgIpc) is 2.53. The van der Waals surface area contributed by atoms with E-state index in [0.29, 0.717) is 5.38 Å². The first-order valence-electron chi connectivity index (χ1n) is 5.29. The van der Waals surface area contributed by atoms with Gasteiger partial charge in [0.15, 0.2) is 0 Å². The van der Waals surface area contributed by atoms with Crippen molar-refractivity contribution in [3.63, 3.8) is 0 Å². The van der Waals surface area contributed by atoms with E-state index in [9.17, 15) is 0 Å². The third kappa shape index (κ3) is 2.83. The first-order valence-corrected chi connectivity index (χ1v) is 5.72. The number of hydrogen-bond acceptors (Lipinski definition) is 2. The van der Waals surface area contributed by atoms with Crippen molar-refractivity contribution < 1.29 is 4.74 Å². The van der Waals surface area contributed by atoms with Crippen LogP contribution in [0.1, 0.15) is 19.3 Å². The van der Waals surface area contributed by atoms with Crippen LogP contribution in [0.3, 0.4) is 0 Å². The first-order chi connectivity index (χ1) is 6.34. The zero-order valence-corrected chi connectivity index (χ0v) is 8.80. The first kappa shape index (κ1) is 9.75. The van der Waals surface area contributed by atoms with Gasteiger partial charge in [-0.05, 0) is 31.7 Å². The highest BCUT2D eigenvalue weighted by Gasteiger charge is 2.23. The van der Waals surface area contributed by atoms with E-state index in [1.54, 1.807) is 0 Å². The molecule has 2 nitrogen and oxygen atoms in total. The third-order valence-corrected chi connectivity index (χ3v) is 3.43. The third-order valence-electron chi connectivity index (χ3n) is 3.07. The molecule has 2 heterocycles. The van der Waals surface area contributed by atoms with Crippen LogP contribution in [0.2, 0.25) is 0 Å². The fourth-order valence-corrected chi connectivity index (χ4v) is 2.54. The van der Waals surface area contributed by atoms with Gasteiger partial charge in [-0.3, -0.25) is 0 Å². The Morgan fingerprint density at radius 2 is 2.00 bits per heavy atom. The van der Waals surface area contributed by atoms with Crippen molar-refractivity contribution >= 4 is 11.6 Å². The van der Waals surface area contributed by atoms with Gasteiger partial charge in [-0.25, -0.2) is 0 Å².